The largest absolute Gasteiger partial charge is 0.384 e. The van der Waals surface area contributed by atoms with Gasteiger partial charge in [0.2, 0.25) is 5.03 Å². The van der Waals surface area contributed by atoms with Crippen molar-refractivity contribution in [1.29, 1.82) is 5.41 Å². The van der Waals surface area contributed by atoms with Gasteiger partial charge in [-0.2, -0.15) is 8.42 Å². The lowest BCUT2D eigenvalue weighted by molar-refractivity contribution is 0.556. The molecular weight excluding hydrogens is 302 g/mol. The Morgan fingerprint density at radius 2 is 1.95 bits per heavy atom. The number of rotatable bonds is 4. The summed E-state index contributed by atoms with van der Waals surface area (Å²) in [4.78, 5) is 3.45. The van der Waals surface area contributed by atoms with Crippen LogP contribution in [0.4, 0.5) is 14.5 Å². The van der Waals surface area contributed by atoms with Crippen molar-refractivity contribution in [2.24, 2.45) is 5.73 Å². The molecule has 0 fully saturated rings. The first-order valence-corrected chi connectivity index (χ1v) is 7.07. The van der Waals surface area contributed by atoms with Gasteiger partial charge in [-0.05, 0) is 30.3 Å². The molecule has 6 nitrogen and oxygen atoms in total. The number of nitrogens with zero attached hydrogens (tertiary/aromatic N) is 1. The highest BCUT2D eigenvalue weighted by Gasteiger charge is 2.21. The smallest absolute Gasteiger partial charge is 0.282 e. The zero-order valence-corrected chi connectivity index (χ0v) is 11.3. The van der Waals surface area contributed by atoms with Crippen LogP contribution in [0.2, 0.25) is 0 Å². The Kier molecular flexibility index (Phi) is 3.85. The number of amidine groups is 1. The molecule has 2 aromatic rings. The molecule has 0 aliphatic rings. The molecule has 0 atom stereocenters. The van der Waals surface area contributed by atoms with Crippen LogP contribution in [0.3, 0.4) is 0 Å². The van der Waals surface area contributed by atoms with E-state index >= 15 is 0 Å². The van der Waals surface area contributed by atoms with Crippen LogP contribution >= 0.6 is 0 Å². The summed E-state index contributed by atoms with van der Waals surface area (Å²) < 4.78 is 52.9. The van der Waals surface area contributed by atoms with Gasteiger partial charge in [-0.1, -0.05) is 0 Å². The van der Waals surface area contributed by atoms with Crippen LogP contribution < -0.4 is 10.5 Å². The topological polar surface area (TPSA) is 109 Å². The molecule has 9 heteroatoms. The van der Waals surface area contributed by atoms with Gasteiger partial charge in [-0.15, -0.1) is 0 Å². The van der Waals surface area contributed by atoms with Gasteiger partial charge in [-0.25, -0.2) is 13.8 Å². The van der Waals surface area contributed by atoms with Crippen molar-refractivity contribution in [1.82, 2.24) is 4.98 Å². The van der Waals surface area contributed by atoms with Gasteiger partial charge in [0.25, 0.3) is 10.0 Å². The average Bonchev–Trinajstić information content (AvgIpc) is 2.40. The van der Waals surface area contributed by atoms with Crippen LogP contribution in [-0.4, -0.2) is 19.2 Å². The summed E-state index contributed by atoms with van der Waals surface area (Å²) in [6.45, 7) is 0. The number of halogens is 2. The van der Waals surface area contributed by atoms with Gasteiger partial charge < -0.3 is 5.73 Å². The quantitative estimate of drug-likeness (QED) is 0.586. The summed E-state index contributed by atoms with van der Waals surface area (Å²) in [6.07, 6.45) is 1.13. The molecule has 2 rings (SSSR count). The first-order valence-electron chi connectivity index (χ1n) is 5.58. The van der Waals surface area contributed by atoms with E-state index in [1.54, 1.807) is 0 Å². The monoisotopic (exact) mass is 312 g/mol. The molecule has 0 unspecified atom stereocenters. The number of benzene rings is 1. The van der Waals surface area contributed by atoms with E-state index in [-0.39, 0.29) is 11.3 Å². The Morgan fingerprint density at radius 3 is 2.57 bits per heavy atom. The number of nitrogens with one attached hydrogen (secondary N) is 2. The second-order valence-corrected chi connectivity index (χ2v) is 5.60. The molecule has 0 amide bonds. The van der Waals surface area contributed by atoms with Crippen LogP contribution in [0.15, 0.2) is 41.6 Å². The van der Waals surface area contributed by atoms with Gasteiger partial charge in [0.1, 0.15) is 11.7 Å². The normalized spacial score (nSPS) is 11.1. The zero-order chi connectivity index (χ0) is 15.6. The van der Waals surface area contributed by atoms with Crippen molar-refractivity contribution in [3.63, 3.8) is 0 Å². The summed E-state index contributed by atoms with van der Waals surface area (Å²) >= 11 is 0. The van der Waals surface area contributed by atoms with Crippen molar-refractivity contribution in [2.75, 3.05) is 4.72 Å². The maximum Gasteiger partial charge on any atom is 0.282 e. The summed E-state index contributed by atoms with van der Waals surface area (Å²) in [5.41, 5.74) is 4.85. The second-order valence-electron chi connectivity index (χ2n) is 4.00. The number of hydrogen-bond donors (Lipinski definition) is 3. The number of nitrogen functional groups attached to an aromatic ring is 1. The van der Waals surface area contributed by atoms with E-state index in [1.165, 1.54) is 6.07 Å². The molecule has 0 radical (unpaired) electrons. The fourth-order valence-corrected chi connectivity index (χ4v) is 2.63. The highest BCUT2D eigenvalue weighted by atomic mass is 32.2. The first-order chi connectivity index (χ1) is 9.81. The van der Waals surface area contributed by atoms with E-state index < -0.39 is 32.5 Å². The lowest BCUT2D eigenvalue weighted by Gasteiger charge is -2.09. The molecule has 0 bridgehead atoms. The number of anilines is 1. The number of aromatic nitrogens is 1. The second kappa shape index (κ2) is 5.44. The Balaban J connectivity index is 2.40. The zero-order valence-electron chi connectivity index (χ0n) is 10.5. The van der Waals surface area contributed by atoms with Gasteiger partial charge in [0.15, 0.2) is 5.82 Å². The van der Waals surface area contributed by atoms with Crippen molar-refractivity contribution in [3.8, 4) is 0 Å². The Bertz CT molecular complexity index is 809. The highest BCUT2D eigenvalue weighted by molar-refractivity contribution is 7.92. The Labute approximate surface area is 119 Å². The average molecular weight is 312 g/mol. The fraction of sp³-hybridized carbons (Fsp3) is 0. The van der Waals surface area contributed by atoms with Crippen molar-refractivity contribution < 1.29 is 17.2 Å². The van der Waals surface area contributed by atoms with E-state index in [2.05, 4.69) is 4.98 Å². The minimum absolute atomic E-state index is 0.0633. The number of pyridine rings is 1. The van der Waals surface area contributed by atoms with Crippen LogP contribution in [0.25, 0.3) is 0 Å². The molecule has 0 saturated heterocycles. The number of nitrogens with two attached hydrogens (primary N) is 1. The molecule has 1 aromatic carbocycles. The lowest BCUT2D eigenvalue weighted by atomic mass is 10.2. The maximum atomic E-state index is 13.5. The van der Waals surface area contributed by atoms with Crippen LogP contribution in [-0.2, 0) is 10.0 Å². The van der Waals surface area contributed by atoms with Gasteiger partial charge in [-0.3, -0.25) is 10.1 Å². The van der Waals surface area contributed by atoms with Gasteiger partial charge in [0.05, 0.1) is 5.56 Å². The minimum Gasteiger partial charge on any atom is -0.384 e. The summed E-state index contributed by atoms with van der Waals surface area (Å²) in [5.74, 6) is -2.34. The van der Waals surface area contributed by atoms with E-state index in [4.69, 9.17) is 11.1 Å². The fourth-order valence-electron chi connectivity index (χ4n) is 1.57. The number of hydrogen-bond acceptors (Lipinski definition) is 4. The van der Waals surface area contributed by atoms with Gasteiger partial charge in [0, 0.05) is 11.9 Å². The van der Waals surface area contributed by atoms with E-state index in [0.29, 0.717) is 0 Å². The molecular formula is C12H10F2N4O2S. The van der Waals surface area contributed by atoms with Crippen LogP contribution in [0.1, 0.15) is 5.56 Å². The third-order valence-electron chi connectivity index (χ3n) is 2.49. The minimum atomic E-state index is -4.27. The van der Waals surface area contributed by atoms with Crippen molar-refractivity contribution >= 4 is 21.5 Å². The van der Waals surface area contributed by atoms with Crippen molar-refractivity contribution in [2.45, 2.75) is 5.03 Å². The highest BCUT2D eigenvalue weighted by Crippen LogP contribution is 2.19. The van der Waals surface area contributed by atoms with Crippen LogP contribution in [0, 0.1) is 17.0 Å². The van der Waals surface area contributed by atoms with E-state index in [9.17, 15) is 17.2 Å². The predicted octanol–water partition coefficient (Wildman–Crippen LogP) is 1.44. The Hall–Kier alpha value is -2.55. The third kappa shape index (κ3) is 3.14. The SMILES string of the molecule is N=C(N)c1cc(NS(=O)(=O)c2ncccc2F)ccc1F. The van der Waals surface area contributed by atoms with E-state index in [1.807, 2.05) is 4.72 Å². The summed E-state index contributed by atoms with van der Waals surface area (Å²) in [5, 5.41) is 6.41. The standard InChI is InChI=1S/C12H10F2N4O2S/c13-9-4-3-7(6-8(9)11(15)16)18-21(19,20)12-10(14)2-1-5-17-12/h1-6,18H,(H3,15,16). The molecule has 1 aromatic heterocycles. The maximum absolute atomic E-state index is 13.5. The Morgan fingerprint density at radius 1 is 1.24 bits per heavy atom. The summed E-state index contributed by atoms with van der Waals surface area (Å²) in [7, 11) is -4.27. The van der Waals surface area contributed by atoms with Crippen molar-refractivity contribution in [3.05, 3.63) is 53.7 Å². The first kappa shape index (κ1) is 14.9. The predicted molar refractivity (Wildman–Crippen MR) is 72.4 cm³/mol. The third-order valence-corrected chi connectivity index (χ3v) is 3.80. The molecule has 110 valence electrons. The molecule has 0 aliphatic carbocycles. The lowest BCUT2D eigenvalue weighted by Crippen LogP contribution is -2.18. The van der Waals surface area contributed by atoms with Crippen LogP contribution in [0.5, 0.6) is 0 Å². The molecule has 1 heterocycles. The molecule has 0 aliphatic heterocycles. The molecule has 0 saturated carbocycles. The molecule has 4 N–H and O–H groups in total. The molecule has 0 spiro atoms. The summed E-state index contributed by atoms with van der Waals surface area (Å²) in [6, 6.07) is 5.31. The van der Waals surface area contributed by atoms with Gasteiger partial charge >= 0.3 is 0 Å². The molecule has 21 heavy (non-hydrogen) atoms. The van der Waals surface area contributed by atoms with E-state index in [0.717, 1.165) is 30.5 Å². The number of sulfonamides is 1.